The van der Waals surface area contributed by atoms with E-state index in [1.54, 1.807) is 0 Å². The molecule has 21 heavy (non-hydrogen) atoms. The van der Waals surface area contributed by atoms with E-state index in [9.17, 15) is 9.59 Å². The predicted molar refractivity (Wildman–Crippen MR) is 83.8 cm³/mol. The van der Waals surface area contributed by atoms with Gasteiger partial charge in [0.05, 0.1) is 0 Å². The van der Waals surface area contributed by atoms with Crippen molar-refractivity contribution in [2.24, 2.45) is 5.92 Å². The van der Waals surface area contributed by atoms with Crippen LogP contribution in [0.3, 0.4) is 0 Å². The second kappa shape index (κ2) is 7.28. The molecular formula is C17H30N2O2. The molecule has 1 N–H and O–H groups in total. The number of nitrogens with zero attached hydrogens (tertiary/aromatic N) is 1. The zero-order valence-corrected chi connectivity index (χ0v) is 13.7. The minimum atomic E-state index is -0.278. The van der Waals surface area contributed by atoms with E-state index in [2.05, 4.69) is 26.1 Å². The topological polar surface area (TPSA) is 49.4 Å². The third-order valence-electron chi connectivity index (χ3n) is 5.21. The largest absolute Gasteiger partial charge is 0.342 e. The van der Waals surface area contributed by atoms with Crippen LogP contribution in [-0.2, 0) is 9.59 Å². The standard InChI is InChI=1S/C17H30N2O2/c1-4-9-14-16(20)18-15(13-10-7-6-8-11-13)17(21)19(14)12(3)5-2/h12-15H,4-11H2,1-3H3,(H,18,20). The maximum Gasteiger partial charge on any atom is 0.246 e. The summed E-state index contributed by atoms with van der Waals surface area (Å²) < 4.78 is 0. The molecule has 1 saturated carbocycles. The van der Waals surface area contributed by atoms with Gasteiger partial charge in [0.1, 0.15) is 12.1 Å². The number of amides is 2. The summed E-state index contributed by atoms with van der Waals surface area (Å²) in [4.78, 5) is 27.4. The molecule has 120 valence electrons. The fraction of sp³-hybridized carbons (Fsp3) is 0.882. The molecule has 1 heterocycles. The third kappa shape index (κ3) is 3.41. The Balaban J connectivity index is 2.19. The van der Waals surface area contributed by atoms with Crippen LogP contribution in [0, 0.1) is 5.92 Å². The normalized spacial score (nSPS) is 29.4. The van der Waals surface area contributed by atoms with Crippen LogP contribution in [0.2, 0.25) is 0 Å². The van der Waals surface area contributed by atoms with Crippen LogP contribution in [0.15, 0.2) is 0 Å². The molecule has 2 aliphatic rings. The molecule has 2 fully saturated rings. The van der Waals surface area contributed by atoms with Crippen LogP contribution in [0.5, 0.6) is 0 Å². The van der Waals surface area contributed by atoms with Crippen LogP contribution in [0.25, 0.3) is 0 Å². The lowest BCUT2D eigenvalue weighted by Gasteiger charge is -2.45. The summed E-state index contributed by atoms with van der Waals surface area (Å²) in [6, 6.07) is -0.400. The van der Waals surface area contributed by atoms with E-state index in [-0.39, 0.29) is 29.9 Å². The number of hydrogen-bond acceptors (Lipinski definition) is 2. The number of carbonyl (C=O) groups is 2. The van der Waals surface area contributed by atoms with Crippen LogP contribution in [0.1, 0.15) is 72.1 Å². The number of nitrogens with one attached hydrogen (secondary N) is 1. The van der Waals surface area contributed by atoms with Crippen molar-refractivity contribution in [3.63, 3.8) is 0 Å². The van der Waals surface area contributed by atoms with Crippen molar-refractivity contribution >= 4 is 11.8 Å². The number of rotatable bonds is 5. The molecule has 2 rings (SSSR count). The average molecular weight is 294 g/mol. The first-order valence-electron chi connectivity index (χ1n) is 8.72. The summed E-state index contributed by atoms with van der Waals surface area (Å²) in [5.74, 6) is 0.561. The second-order valence-corrected chi connectivity index (χ2v) is 6.69. The summed E-state index contributed by atoms with van der Waals surface area (Å²) in [7, 11) is 0. The van der Waals surface area contributed by atoms with Crippen LogP contribution >= 0.6 is 0 Å². The van der Waals surface area contributed by atoms with Crippen molar-refractivity contribution in [2.45, 2.75) is 90.3 Å². The van der Waals surface area contributed by atoms with Gasteiger partial charge in [-0.05, 0) is 38.5 Å². The molecular weight excluding hydrogens is 264 g/mol. The Bertz CT molecular complexity index is 377. The van der Waals surface area contributed by atoms with Gasteiger partial charge in [-0.25, -0.2) is 0 Å². The summed E-state index contributed by atoms with van der Waals surface area (Å²) in [6.07, 6.45) is 8.37. The predicted octanol–water partition coefficient (Wildman–Crippen LogP) is 2.86. The Hall–Kier alpha value is -1.06. The van der Waals surface area contributed by atoms with Crippen LogP contribution in [-0.4, -0.2) is 34.8 Å². The molecule has 1 saturated heterocycles. The van der Waals surface area contributed by atoms with Gasteiger partial charge in [0, 0.05) is 6.04 Å². The Morgan fingerprint density at radius 1 is 1.19 bits per heavy atom. The zero-order valence-electron chi connectivity index (χ0n) is 13.7. The first-order chi connectivity index (χ1) is 10.1. The Labute approximate surface area is 128 Å². The highest BCUT2D eigenvalue weighted by atomic mass is 16.2. The molecule has 4 heteroatoms. The molecule has 3 atom stereocenters. The number of piperazine rings is 1. The summed E-state index contributed by atoms with van der Waals surface area (Å²) in [5.41, 5.74) is 0. The van der Waals surface area contributed by atoms with Gasteiger partial charge >= 0.3 is 0 Å². The molecule has 0 spiro atoms. The van der Waals surface area contributed by atoms with E-state index in [1.165, 1.54) is 19.3 Å². The van der Waals surface area contributed by atoms with Crippen molar-refractivity contribution in [2.75, 3.05) is 0 Å². The average Bonchev–Trinajstić information content (AvgIpc) is 2.51. The second-order valence-electron chi connectivity index (χ2n) is 6.69. The molecule has 0 bridgehead atoms. The SMILES string of the molecule is CCCC1C(=O)NC(C2CCCCC2)C(=O)N1C(C)CC. The molecule has 0 aromatic heterocycles. The minimum Gasteiger partial charge on any atom is -0.342 e. The van der Waals surface area contributed by atoms with Crippen molar-refractivity contribution < 1.29 is 9.59 Å². The monoisotopic (exact) mass is 294 g/mol. The number of carbonyl (C=O) groups excluding carboxylic acids is 2. The molecule has 1 aliphatic carbocycles. The van der Waals surface area contributed by atoms with Crippen LogP contribution in [0.4, 0.5) is 0 Å². The highest BCUT2D eigenvalue weighted by molar-refractivity contribution is 5.97. The van der Waals surface area contributed by atoms with E-state index in [4.69, 9.17) is 0 Å². The smallest absolute Gasteiger partial charge is 0.246 e. The maximum atomic E-state index is 13.0. The van der Waals surface area contributed by atoms with Crippen molar-refractivity contribution in [3.05, 3.63) is 0 Å². The summed E-state index contributed by atoms with van der Waals surface area (Å²) in [6.45, 7) is 6.22. The number of hydrogen-bond donors (Lipinski definition) is 1. The van der Waals surface area contributed by atoms with Crippen molar-refractivity contribution in [3.8, 4) is 0 Å². The summed E-state index contributed by atoms with van der Waals surface area (Å²) >= 11 is 0. The van der Waals surface area contributed by atoms with E-state index in [0.717, 1.165) is 32.1 Å². The van der Waals surface area contributed by atoms with Gasteiger partial charge in [-0.1, -0.05) is 39.5 Å². The molecule has 2 amide bonds. The first-order valence-corrected chi connectivity index (χ1v) is 8.72. The lowest BCUT2D eigenvalue weighted by Crippen LogP contribution is -2.67. The molecule has 3 unspecified atom stereocenters. The van der Waals surface area contributed by atoms with Crippen molar-refractivity contribution in [1.82, 2.24) is 10.2 Å². The van der Waals surface area contributed by atoms with E-state index in [1.807, 2.05) is 4.90 Å². The fourth-order valence-electron chi connectivity index (χ4n) is 3.80. The van der Waals surface area contributed by atoms with E-state index < -0.39 is 0 Å². The molecule has 1 aliphatic heterocycles. The van der Waals surface area contributed by atoms with Gasteiger partial charge in [-0.15, -0.1) is 0 Å². The summed E-state index contributed by atoms with van der Waals surface area (Å²) in [5, 5.41) is 3.05. The van der Waals surface area contributed by atoms with Gasteiger partial charge in [0.15, 0.2) is 0 Å². The quantitative estimate of drug-likeness (QED) is 0.847. The highest BCUT2D eigenvalue weighted by Gasteiger charge is 2.44. The lowest BCUT2D eigenvalue weighted by atomic mass is 9.81. The Morgan fingerprint density at radius 3 is 2.43 bits per heavy atom. The lowest BCUT2D eigenvalue weighted by molar-refractivity contribution is -0.154. The van der Waals surface area contributed by atoms with Gasteiger partial charge < -0.3 is 10.2 Å². The van der Waals surface area contributed by atoms with Gasteiger partial charge in [-0.2, -0.15) is 0 Å². The molecule has 4 nitrogen and oxygen atoms in total. The van der Waals surface area contributed by atoms with Crippen LogP contribution < -0.4 is 5.32 Å². The zero-order chi connectivity index (χ0) is 15.4. The van der Waals surface area contributed by atoms with Crippen molar-refractivity contribution in [1.29, 1.82) is 0 Å². The van der Waals surface area contributed by atoms with Gasteiger partial charge in [-0.3, -0.25) is 9.59 Å². The van der Waals surface area contributed by atoms with Gasteiger partial charge in [0.2, 0.25) is 11.8 Å². The van der Waals surface area contributed by atoms with Gasteiger partial charge in [0.25, 0.3) is 0 Å². The highest BCUT2D eigenvalue weighted by Crippen LogP contribution is 2.30. The minimum absolute atomic E-state index is 0.0623. The Morgan fingerprint density at radius 2 is 1.86 bits per heavy atom. The molecule has 0 radical (unpaired) electrons. The van der Waals surface area contributed by atoms with E-state index in [0.29, 0.717) is 5.92 Å². The van der Waals surface area contributed by atoms with E-state index >= 15 is 0 Å². The maximum absolute atomic E-state index is 13.0. The molecule has 0 aromatic rings. The molecule has 0 aromatic carbocycles. The fourth-order valence-corrected chi connectivity index (χ4v) is 3.80. The Kier molecular flexibility index (Phi) is 5.65. The first kappa shape index (κ1) is 16.3. The third-order valence-corrected chi connectivity index (χ3v) is 5.21.